The summed E-state index contributed by atoms with van der Waals surface area (Å²) < 4.78 is 5.76. The summed E-state index contributed by atoms with van der Waals surface area (Å²) in [6.45, 7) is 11.2. The standard InChI is InChI=1S/C15H25NO/c1-10(2)13(5)17-9-15(16)14-7-6-11(3)12(4)8-14/h6-8,10,13,15H,9,16H2,1-5H3. The van der Waals surface area contributed by atoms with E-state index >= 15 is 0 Å². The molecule has 0 spiro atoms. The molecule has 0 saturated heterocycles. The predicted octanol–water partition coefficient (Wildman–Crippen LogP) is 3.36. The van der Waals surface area contributed by atoms with Crippen molar-refractivity contribution in [2.45, 2.75) is 46.8 Å². The van der Waals surface area contributed by atoms with Crippen molar-refractivity contribution in [1.29, 1.82) is 0 Å². The maximum Gasteiger partial charge on any atom is 0.0663 e. The van der Waals surface area contributed by atoms with Crippen LogP contribution in [-0.2, 0) is 4.74 Å². The van der Waals surface area contributed by atoms with Crippen LogP contribution in [0.2, 0.25) is 0 Å². The minimum absolute atomic E-state index is 0.0319. The molecule has 2 unspecified atom stereocenters. The maximum atomic E-state index is 6.14. The Balaban J connectivity index is 2.58. The third-order valence-electron chi connectivity index (χ3n) is 3.44. The van der Waals surface area contributed by atoms with E-state index in [4.69, 9.17) is 10.5 Å². The Bertz CT molecular complexity index is 360. The number of hydrogen-bond donors (Lipinski definition) is 1. The molecule has 1 aromatic rings. The van der Waals surface area contributed by atoms with Gasteiger partial charge in [0.2, 0.25) is 0 Å². The van der Waals surface area contributed by atoms with Crippen molar-refractivity contribution in [1.82, 2.24) is 0 Å². The summed E-state index contributed by atoms with van der Waals surface area (Å²) in [4.78, 5) is 0. The molecular weight excluding hydrogens is 210 g/mol. The topological polar surface area (TPSA) is 35.2 Å². The van der Waals surface area contributed by atoms with Gasteiger partial charge in [-0.05, 0) is 43.4 Å². The van der Waals surface area contributed by atoms with Gasteiger partial charge in [-0.2, -0.15) is 0 Å². The normalized spacial score (nSPS) is 15.0. The van der Waals surface area contributed by atoms with Crippen LogP contribution in [0.4, 0.5) is 0 Å². The fourth-order valence-corrected chi connectivity index (χ4v) is 1.54. The second-order valence-electron chi connectivity index (χ2n) is 5.23. The van der Waals surface area contributed by atoms with E-state index in [1.54, 1.807) is 0 Å². The van der Waals surface area contributed by atoms with Gasteiger partial charge in [0, 0.05) is 0 Å². The number of nitrogens with two attached hydrogens (primary N) is 1. The molecule has 2 heteroatoms. The van der Waals surface area contributed by atoms with Crippen LogP contribution < -0.4 is 5.73 Å². The van der Waals surface area contributed by atoms with Gasteiger partial charge >= 0.3 is 0 Å². The Morgan fingerprint density at radius 2 is 1.76 bits per heavy atom. The Labute approximate surface area is 105 Å². The molecule has 2 N–H and O–H groups in total. The van der Waals surface area contributed by atoms with Gasteiger partial charge in [-0.1, -0.05) is 32.0 Å². The van der Waals surface area contributed by atoms with Gasteiger partial charge < -0.3 is 10.5 Å². The van der Waals surface area contributed by atoms with Crippen molar-refractivity contribution < 1.29 is 4.74 Å². The highest BCUT2D eigenvalue weighted by molar-refractivity contribution is 5.31. The van der Waals surface area contributed by atoms with Crippen molar-refractivity contribution >= 4 is 0 Å². The van der Waals surface area contributed by atoms with E-state index in [9.17, 15) is 0 Å². The van der Waals surface area contributed by atoms with E-state index in [1.807, 2.05) is 0 Å². The Morgan fingerprint density at radius 1 is 1.12 bits per heavy atom. The fraction of sp³-hybridized carbons (Fsp3) is 0.600. The molecule has 2 nitrogen and oxygen atoms in total. The number of rotatable bonds is 5. The third-order valence-corrected chi connectivity index (χ3v) is 3.44. The minimum atomic E-state index is -0.0319. The minimum Gasteiger partial charge on any atom is -0.376 e. The number of aryl methyl sites for hydroxylation is 2. The number of hydrogen-bond acceptors (Lipinski definition) is 2. The zero-order valence-electron chi connectivity index (χ0n) is 11.7. The quantitative estimate of drug-likeness (QED) is 0.849. The van der Waals surface area contributed by atoms with E-state index in [-0.39, 0.29) is 12.1 Å². The van der Waals surface area contributed by atoms with Crippen molar-refractivity contribution in [2.24, 2.45) is 11.7 Å². The number of ether oxygens (including phenoxy) is 1. The molecule has 0 aliphatic carbocycles. The second kappa shape index (κ2) is 6.18. The van der Waals surface area contributed by atoms with Crippen LogP contribution in [-0.4, -0.2) is 12.7 Å². The first-order valence-corrected chi connectivity index (χ1v) is 6.36. The molecule has 0 fully saturated rings. The molecule has 1 rings (SSSR count). The lowest BCUT2D eigenvalue weighted by Crippen LogP contribution is -2.23. The molecule has 96 valence electrons. The molecule has 0 aliphatic heterocycles. The summed E-state index contributed by atoms with van der Waals surface area (Å²) in [6.07, 6.45) is 0.257. The summed E-state index contributed by atoms with van der Waals surface area (Å²) >= 11 is 0. The van der Waals surface area contributed by atoms with Crippen molar-refractivity contribution in [3.63, 3.8) is 0 Å². The van der Waals surface area contributed by atoms with Crippen LogP contribution >= 0.6 is 0 Å². The van der Waals surface area contributed by atoms with Gasteiger partial charge in [-0.15, -0.1) is 0 Å². The lowest BCUT2D eigenvalue weighted by molar-refractivity contribution is 0.0272. The summed E-state index contributed by atoms with van der Waals surface area (Å²) in [7, 11) is 0. The SMILES string of the molecule is Cc1ccc(C(N)COC(C)C(C)C)cc1C. The largest absolute Gasteiger partial charge is 0.376 e. The molecule has 17 heavy (non-hydrogen) atoms. The molecule has 0 radical (unpaired) electrons. The van der Waals surface area contributed by atoms with E-state index in [0.29, 0.717) is 12.5 Å². The van der Waals surface area contributed by atoms with Crippen LogP contribution in [0.25, 0.3) is 0 Å². The first-order valence-electron chi connectivity index (χ1n) is 6.36. The Hall–Kier alpha value is -0.860. The summed E-state index contributed by atoms with van der Waals surface area (Å²) in [6, 6.07) is 6.34. The third kappa shape index (κ3) is 4.14. The highest BCUT2D eigenvalue weighted by Crippen LogP contribution is 2.17. The molecule has 0 heterocycles. The molecule has 0 bridgehead atoms. The zero-order valence-corrected chi connectivity index (χ0v) is 11.7. The van der Waals surface area contributed by atoms with E-state index in [1.165, 1.54) is 11.1 Å². The highest BCUT2D eigenvalue weighted by atomic mass is 16.5. The summed E-state index contributed by atoms with van der Waals surface area (Å²) in [5.41, 5.74) is 9.88. The van der Waals surface area contributed by atoms with Gasteiger partial charge in [0.1, 0.15) is 0 Å². The Morgan fingerprint density at radius 3 is 2.29 bits per heavy atom. The predicted molar refractivity (Wildman–Crippen MR) is 73.1 cm³/mol. The van der Waals surface area contributed by atoms with E-state index < -0.39 is 0 Å². The molecular formula is C15H25NO. The second-order valence-corrected chi connectivity index (χ2v) is 5.23. The molecule has 2 atom stereocenters. The fourth-order valence-electron chi connectivity index (χ4n) is 1.54. The zero-order chi connectivity index (χ0) is 13.0. The van der Waals surface area contributed by atoms with Crippen LogP contribution in [0.1, 0.15) is 43.5 Å². The molecule has 1 aromatic carbocycles. The van der Waals surface area contributed by atoms with Gasteiger partial charge in [-0.3, -0.25) is 0 Å². The average molecular weight is 235 g/mol. The Kier molecular flexibility index (Phi) is 5.16. The number of benzene rings is 1. The molecule has 0 amide bonds. The first-order chi connectivity index (χ1) is 7.91. The van der Waals surface area contributed by atoms with Crippen molar-refractivity contribution in [3.05, 3.63) is 34.9 Å². The van der Waals surface area contributed by atoms with Crippen LogP contribution in [0, 0.1) is 19.8 Å². The summed E-state index contributed by atoms with van der Waals surface area (Å²) in [5.74, 6) is 0.530. The van der Waals surface area contributed by atoms with Crippen LogP contribution in [0.5, 0.6) is 0 Å². The first kappa shape index (κ1) is 14.2. The van der Waals surface area contributed by atoms with E-state index in [2.05, 4.69) is 52.8 Å². The van der Waals surface area contributed by atoms with Gasteiger partial charge in [0.25, 0.3) is 0 Å². The molecule has 0 aliphatic rings. The molecule has 0 aromatic heterocycles. The lowest BCUT2D eigenvalue weighted by atomic mass is 10.0. The monoisotopic (exact) mass is 235 g/mol. The molecule has 0 saturated carbocycles. The van der Waals surface area contributed by atoms with Crippen LogP contribution in [0.3, 0.4) is 0 Å². The van der Waals surface area contributed by atoms with E-state index in [0.717, 1.165) is 5.56 Å². The van der Waals surface area contributed by atoms with Gasteiger partial charge in [0.05, 0.1) is 18.8 Å². The average Bonchev–Trinajstić information content (AvgIpc) is 2.28. The van der Waals surface area contributed by atoms with Crippen LogP contribution in [0.15, 0.2) is 18.2 Å². The summed E-state index contributed by atoms with van der Waals surface area (Å²) in [5, 5.41) is 0. The van der Waals surface area contributed by atoms with Crippen molar-refractivity contribution in [3.8, 4) is 0 Å². The van der Waals surface area contributed by atoms with Crippen molar-refractivity contribution in [2.75, 3.05) is 6.61 Å². The van der Waals surface area contributed by atoms with Gasteiger partial charge in [-0.25, -0.2) is 0 Å². The smallest absolute Gasteiger partial charge is 0.0663 e. The highest BCUT2D eigenvalue weighted by Gasteiger charge is 2.12. The maximum absolute atomic E-state index is 6.14. The lowest BCUT2D eigenvalue weighted by Gasteiger charge is -2.20. The van der Waals surface area contributed by atoms with Gasteiger partial charge in [0.15, 0.2) is 0 Å².